The number of benzene rings is 9. The van der Waals surface area contributed by atoms with Crippen LogP contribution in [0.4, 0.5) is 0 Å². The van der Waals surface area contributed by atoms with Gasteiger partial charge in [-0.25, -0.2) is 0 Å². The number of nitrogens with zero attached hydrogens (tertiary/aromatic N) is 2. The van der Waals surface area contributed by atoms with E-state index >= 15 is 0 Å². The van der Waals surface area contributed by atoms with Crippen LogP contribution < -0.4 is 0 Å². The molecule has 0 amide bonds. The fourth-order valence-electron chi connectivity index (χ4n) is 11.4. The molecule has 2 aliphatic rings. The van der Waals surface area contributed by atoms with E-state index in [2.05, 4.69) is 215 Å². The molecule has 0 N–H and O–H groups in total. The molecule has 1 fully saturated rings. The van der Waals surface area contributed by atoms with Crippen molar-refractivity contribution in [1.82, 2.24) is 9.13 Å². The normalized spacial score (nSPS) is 14.3. The molecule has 294 valence electrons. The predicted octanol–water partition coefficient (Wildman–Crippen LogP) is 16.1. The van der Waals surface area contributed by atoms with E-state index < -0.39 is 0 Å². The number of hydrogen-bond donors (Lipinski definition) is 0. The Morgan fingerprint density at radius 1 is 0.290 bits per heavy atom. The molecule has 1 spiro atoms. The molecule has 0 bridgehead atoms. The molecule has 2 aromatic heterocycles. The summed E-state index contributed by atoms with van der Waals surface area (Å²) >= 11 is 0. The number of aromatic nitrogens is 2. The highest BCUT2D eigenvalue weighted by molar-refractivity contribution is 6.12. The van der Waals surface area contributed by atoms with Gasteiger partial charge in [-0.2, -0.15) is 0 Å². The van der Waals surface area contributed by atoms with E-state index in [-0.39, 0.29) is 5.41 Å². The Labute approximate surface area is 362 Å². The van der Waals surface area contributed by atoms with E-state index in [1.54, 1.807) is 0 Å². The predicted molar refractivity (Wildman–Crippen MR) is 261 cm³/mol. The number of rotatable bonds is 5. The van der Waals surface area contributed by atoms with Crippen LogP contribution in [-0.4, -0.2) is 9.13 Å². The van der Waals surface area contributed by atoms with Gasteiger partial charge in [0.05, 0.1) is 22.1 Å². The van der Waals surface area contributed by atoms with Gasteiger partial charge in [-0.3, -0.25) is 0 Å². The van der Waals surface area contributed by atoms with E-state index in [1.807, 2.05) is 0 Å². The maximum atomic E-state index is 2.60. The molecule has 1 saturated carbocycles. The maximum absolute atomic E-state index is 2.60. The Morgan fingerprint density at radius 3 is 1.55 bits per heavy atom. The Morgan fingerprint density at radius 2 is 0.806 bits per heavy atom. The van der Waals surface area contributed by atoms with Crippen LogP contribution in [0.5, 0.6) is 0 Å². The monoisotopic (exact) mass is 792 g/mol. The van der Waals surface area contributed by atoms with Crippen molar-refractivity contribution < 1.29 is 0 Å². The van der Waals surface area contributed by atoms with Crippen molar-refractivity contribution in [2.24, 2.45) is 0 Å². The molecule has 9 aromatic carbocycles. The molecule has 0 saturated heterocycles. The molecule has 0 unspecified atom stereocenters. The molecule has 0 aliphatic heterocycles. The van der Waals surface area contributed by atoms with E-state index in [9.17, 15) is 0 Å². The molecular weight excluding hydrogens is 749 g/mol. The van der Waals surface area contributed by atoms with Crippen molar-refractivity contribution in [1.29, 1.82) is 0 Å². The highest BCUT2D eigenvalue weighted by atomic mass is 15.0. The summed E-state index contributed by atoms with van der Waals surface area (Å²) in [6.07, 6.45) is 6.19. The molecule has 11 aromatic rings. The first-order chi connectivity index (χ1) is 30.7. The zero-order valence-corrected chi connectivity index (χ0v) is 34.6. The molecular formula is C60H44N2. The van der Waals surface area contributed by atoms with Gasteiger partial charge in [0, 0.05) is 38.3 Å². The van der Waals surface area contributed by atoms with Crippen LogP contribution in [0.1, 0.15) is 43.2 Å². The molecule has 62 heavy (non-hydrogen) atoms. The van der Waals surface area contributed by atoms with Crippen LogP contribution in [0.2, 0.25) is 0 Å². The summed E-state index contributed by atoms with van der Waals surface area (Å²) in [6, 6.07) is 77.1. The largest absolute Gasteiger partial charge is 0.309 e. The summed E-state index contributed by atoms with van der Waals surface area (Å²) in [4.78, 5) is 0. The van der Waals surface area contributed by atoms with Crippen molar-refractivity contribution in [3.8, 4) is 55.9 Å². The van der Waals surface area contributed by atoms with E-state index in [0.29, 0.717) is 0 Å². The van der Waals surface area contributed by atoms with Crippen LogP contribution in [0.25, 0.3) is 99.5 Å². The van der Waals surface area contributed by atoms with Gasteiger partial charge in [-0.05, 0) is 129 Å². The third-order valence-corrected chi connectivity index (χ3v) is 14.3. The SMILES string of the molecule is c1ccc(-c2ccc(-n3c4ccccc4c4ccc(-c5ccc6c(c5)C5(CCCCC5)c5cc7c8ccccc8n(-c8cccc(-c9ccccc9)c8)c7cc5-6)cc43)cc2)cc1. The highest BCUT2D eigenvalue weighted by Gasteiger charge is 2.44. The summed E-state index contributed by atoms with van der Waals surface area (Å²) in [5.74, 6) is 0. The molecule has 0 atom stereocenters. The maximum Gasteiger partial charge on any atom is 0.0547 e. The topological polar surface area (TPSA) is 9.86 Å². The zero-order valence-electron chi connectivity index (χ0n) is 34.6. The van der Waals surface area contributed by atoms with Gasteiger partial charge in [0.2, 0.25) is 0 Å². The second-order valence-corrected chi connectivity index (χ2v) is 17.6. The Hall–Kier alpha value is -7.42. The average molecular weight is 793 g/mol. The third kappa shape index (κ3) is 5.29. The van der Waals surface area contributed by atoms with Gasteiger partial charge >= 0.3 is 0 Å². The minimum atomic E-state index is 0.00302. The van der Waals surface area contributed by atoms with Crippen molar-refractivity contribution in [3.05, 3.63) is 217 Å². The van der Waals surface area contributed by atoms with Crippen molar-refractivity contribution in [2.75, 3.05) is 0 Å². The Bertz CT molecular complexity index is 3530. The lowest BCUT2D eigenvalue weighted by Gasteiger charge is -2.36. The number of para-hydroxylation sites is 2. The second-order valence-electron chi connectivity index (χ2n) is 17.6. The Kier molecular flexibility index (Phi) is 7.87. The average Bonchev–Trinajstić information content (AvgIpc) is 3.94. The van der Waals surface area contributed by atoms with Gasteiger partial charge < -0.3 is 9.13 Å². The van der Waals surface area contributed by atoms with Gasteiger partial charge in [-0.1, -0.05) is 165 Å². The first-order valence-electron chi connectivity index (χ1n) is 22.3. The van der Waals surface area contributed by atoms with Crippen molar-refractivity contribution in [3.63, 3.8) is 0 Å². The molecule has 2 aliphatic carbocycles. The summed E-state index contributed by atoms with van der Waals surface area (Å²) in [6.45, 7) is 0. The first kappa shape index (κ1) is 35.3. The van der Waals surface area contributed by atoms with Gasteiger partial charge in [0.1, 0.15) is 0 Å². The fraction of sp³-hybridized carbons (Fsp3) is 0.100. The first-order valence-corrected chi connectivity index (χ1v) is 22.3. The lowest BCUT2D eigenvalue weighted by molar-refractivity contribution is 0.353. The number of hydrogen-bond acceptors (Lipinski definition) is 0. The van der Waals surface area contributed by atoms with Gasteiger partial charge in [0.25, 0.3) is 0 Å². The molecule has 13 rings (SSSR count). The summed E-state index contributed by atoms with van der Waals surface area (Å²) < 4.78 is 4.95. The summed E-state index contributed by atoms with van der Waals surface area (Å²) in [5, 5.41) is 5.22. The lowest BCUT2D eigenvalue weighted by Crippen LogP contribution is -2.28. The van der Waals surface area contributed by atoms with Crippen LogP contribution in [0.3, 0.4) is 0 Å². The van der Waals surface area contributed by atoms with Crippen LogP contribution in [-0.2, 0) is 5.41 Å². The Balaban J connectivity index is 0.972. The lowest BCUT2D eigenvalue weighted by atomic mass is 9.67. The molecule has 2 heterocycles. The minimum Gasteiger partial charge on any atom is -0.309 e. The molecule has 2 nitrogen and oxygen atoms in total. The van der Waals surface area contributed by atoms with Crippen molar-refractivity contribution in [2.45, 2.75) is 37.5 Å². The quantitative estimate of drug-likeness (QED) is 0.164. The molecule has 0 radical (unpaired) electrons. The van der Waals surface area contributed by atoms with E-state index in [0.717, 1.165) is 0 Å². The zero-order chi connectivity index (χ0) is 40.8. The third-order valence-electron chi connectivity index (χ3n) is 14.3. The van der Waals surface area contributed by atoms with Crippen molar-refractivity contribution >= 4 is 43.6 Å². The van der Waals surface area contributed by atoms with E-state index in [4.69, 9.17) is 0 Å². The fourth-order valence-corrected chi connectivity index (χ4v) is 11.4. The van der Waals surface area contributed by atoms with Gasteiger partial charge in [-0.15, -0.1) is 0 Å². The summed E-state index contributed by atoms with van der Waals surface area (Å²) in [7, 11) is 0. The van der Waals surface area contributed by atoms with Crippen LogP contribution >= 0.6 is 0 Å². The number of fused-ring (bicyclic) bond motifs is 11. The van der Waals surface area contributed by atoms with E-state index in [1.165, 1.54) is 143 Å². The van der Waals surface area contributed by atoms with Crippen LogP contribution in [0.15, 0.2) is 206 Å². The van der Waals surface area contributed by atoms with Crippen LogP contribution in [0, 0.1) is 0 Å². The summed E-state index contributed by atoms with van der Waals surface area (Å²) in [5.41, 5.74) is 20.7. The highest BCUT2D eigenvalue weighted by Crippen LogP contribution is 2.58. The second kappa shape index (κ2) is 13.8. The smallest absolute Gasteiger partial charge is 0.0547 e. The van der Waals surface area contributed by atoms with Gasteiger partial charge in [0.15, 0.2) is 0 Å². The molecule has 2 heteroatoms. The standard InChI is InChI=1S/C60H44N2/c1-4-15-40(16-5-1)42-25-29-46(30-26-42)61-56-23-10-8-21-49(56)51-32-28-45(37-58(51)61)44-27-31-48-52-39-59-53(38-55(52)60(54(48)36-44)33-12-3-13-34-60)50-22-9-11-24-57(50)62(59)47-20-14-19-43(35-47)41-17-6-2-7-18-41/h1-2,4-11,14-32,35-39H,3,12-13,33-34H2. The minimum absolute atomic E-state index is 0.00302.